The highest BCUT2D eigenvalue weighted by atomic mass is 16.2. The molecule has 0 aliphatic heterocycles. The lowest BCUT2D eigenvalue weighted by molar-refractivity contribution is 0.272. The van der Waals surface area contributed by atoms with E-state index in [-0.39, 0.29) is 0 Å². The highest BCUT2D eigenvalue weighted by molar-refractivity contribution is 5.14. The fourth-order valence-corrected chi connectivity index (χ4v) is 2.71. The first-order chi connectivity index (χ1) is 10.2. The van der Waals surface area contributed by atoms with Crippen LogP contribution in [0.2, 0.25) is 0 Å². The van der Waals surface area contributed by atoms with E-state index in [1.807, 2.05) is 30.3 Å². The van der Waals surface area contributed by atoms with Crippen LogP contribution in [-0.2, 0) is 19.5 Å². The zero-order chi connectivity index (χ0) is 14.7. The van der Waals surface area contributed by atoms with Crippen molar-refractivity contribution >= 4 is 0 Å². The van der Waals surface area contributed by atoms with E-state index in [2.05, 4.69) is 0 Å². The average molecular weight is 284 g/mol. The molecule has 3 rings (SSSR count). The molecule has 0 bridgehead atoms. The number of aryl methyl sites for hydroxylation is 2. The van der Waals surface area contributed by atoms with Crippen LogP contribution in [0.3, 0.4) is 0 Å². The van der Waals surface area contributed by atoms with Gasteiger partial charge in [0.05, 0.1) is 0 Å². The Morgan fingerprint density at radius 1 is 0.952 bits per heavy atom. The number of hydrogen-bond donors (Lipinski definition) is 0. The molecule has 2 aromatic rings. The van der Waals surface area contributed by atoms with E-state index in [0.29, 0.717) is 19.0 Å². The molecule has 21 heavy (non-hydrogen) atoms. The molecule has 1 aromatic carbocycles. The summed E-state index contributed by atoms with van der Waals surface area (Å²) in [7, 11) is 0. The van der Waals surface area contributed by atoms with E-state index in [1.54, 1.807) is 17.0 Å². The minimum absolute atomic E-state index is 0.391. The Labute approximate surface area is 123 Å². The van der Waals surface area contributed by atoms with E-state index in [9.17, 15) is 9.59 Å². The fourth-order valence-electron chi connectivity index (χ4n) is 2.71. The molecular formula is C17H20N2O2. The minimum Gasteiger partial charge on any atom is -0.309 e. The number of aromatic nitrogens is 2. The molecule has 0 amide bonds. The lowest BCUT2D eigenvalue weighted by atomic mass is 9.85. The zero-order valence-corrected chi connectivity index (χ0v) is 12.1. The van der Waals surface area contributed by atoms with Crippen LogP contribution >= 0.6 is 0 Å². The largest absolute Gasteiger partial charge is 0.316 e. The topological polar surface area (TPSA) is 44.0 Å². The quantitative estimate of drug-likeness (QED) is 0.789. The molecule has 1 heterocycles. The summed E-state index contributed by atoms with van der Waals surface area (Å²) in [5, 5.41) is 0. The first kappa shape index (κ1) is 13.9. The van der Waals surface area contributed by atoms with E-state index in [1.165, 1.54) is 29.4 Å². The summed E-state index contributed by atoms with van der Waals surface area (Å²) in [5.74, 6) is 0.572. The predicted molar refractivity (Wildman–Crippen MR) is 82.4 cm³/mol. The predicted octanol–water partition coefficient (Wildman–Crippen LogP) is 2.05. The summed E-state index contributed by atoms with van der Waals surface area (Å²) in [6.07, 6.45) is 7.84. The van der Waals surface area contributed by atoms with Crippen molar-refractivity contribution in [3.05, 3.63) is 69.0 Å². The number of nitrogens with zero attached hydrogens (tertiary/aromatic N) is 2. The van der Waals surface area contributed by atoms with Crippen LogP contribution in [0.5, 0.6) is 0 Å². The third kappa shape index (κ3) is 3.15. The molecule has 110 valence electrons. The van der Waals surface area contributed by atoms with Gasteiger partial charge in [0.15, 0.2) is 0 Å². The second-order valence-electron chi connectivity index (χ2n) is 5.79. The van der Waals surface area contributed by atoms with Crippen molar-refractivity contribution in [2.45, 2.75) is 38.8 Å². The maximum atomic E-state index is 12.1. The van der Waals surface area contributed by atoms with Gasteiger partial charge in [-0.2, -0.15) is 0 Å². The Morgan fingerprint density at radius 2 is 1.62 bits per heavy atom. The van der Waals surface area contributed by atoms with Crippen LogP contribution in [0.1, 0.15) is 24.8 Å². The van der Waals surface area contributed by atoms with Crippen LogP contribution < -0.4 is 11.1 Å². The molecule has 0 saturated heterocycles. The molecule has 1 saturated carbocycles. The molecular weight excluding hydrogens is 264 g/mol. The van der Waals surface area contributed by atoms with Crippen LogP contribution in [0, 0.1) is 5.92 Å². The summed E-state index contributed by atoms with van der Waals surface area (Å²) in [4.78, 5) is 24.2. The number of hydrogen-bond acceptors (Lipinski definition) is 2. The molecule has 1 fully saturated rings. The van der Waals surface area contributed by atoms with Gasteiger partial charge in [-0.3, -0.25) is 9.59 Å². The molecule has 0 radical (unpaired) electrons. The Kier molecular flexibility index (Phi) is 4.04. The average Bonchev–Trinajstić information content (AvgIpc) is 2.47. The van der Waals surface area contributed by atoms with Gasteiger partial charge in [-0.1, -0.05) is 36.8 Å². The number of benzene rings is 1. The van der Waals surface area contributed by atoms with Crippen molar-refractivity contribution < 1.29 is 0 Å². The summed E-state index contributed by atoms with van der Waals surface area (Å²) in [5.41, 5.74) is 0.369. The normalized spacial score (nSPS) is 14.9. The van der Waals surface area contributed by atoms with Crippen molar-refractivity contribution in [2.75, 3.05) is 0 Å². The van der Waals surface area contributed by atoms with Crippen LogP contribution in [-0.4, -0.2) is 9.13 Å². The summed E-state index contributed by atoms with van der Waals surface area (Å²) >= 11 is 0. The molecule has 0 atom stereocenters. The molecule has 0 N–H and O–H groups in total. The van der Waals surface area contributed by atoms with Gasteiger partial charge in [0, 0.05) is 25.5 Å². The van der Waals surface area contributed by atoms with Crippen LogP contribution in [0.4, 0.5) is 0 Å². The SMILES string of the molecule is O=c1c(=O)n(CC2CCC2)ccn1CCc1ccccc1. The molecule has 0 unspecified atom stereocenters. The molecule has 4 heteroatoms. The van der Waals surface area contributed by atoms with Gasteiger partial charge in [0.1, 0.15) is 0 Å². The highest BCUT2D eigenvalue weighted by Crippen LogP contribution is 2.27. The van der Waals surface area contributed by atoms with Gasteiger partial charge in [-0.05, 0) is 30.7 Å². The lowest BCUT2D eigenvalue weighted by Crippen LogP contribution is -2.42. The first-order valence-corrected chi connectivity index (χ1v) is 7.58. The van der Waals surface area contributed by atoms with Crippen molar-refractivity contribution in [3.8, 4) is 0 Å². The second kappa shape index (κ2) is 6.12. The Bertz CT molecular complexity index is 712. The van der Waals surface area contributed by atoms with E-state index < -0.39 is 11.1 Å². The minimum atomic E-state index is -0.409. The standard InChI is InChI=1S/C17H20N2O2/c20-16-17(21)19(13-15-7-4-8-15)12-11-18(16)10-9-14-5-2-1-3-6-14/h1-3,5-6,11-12,15H,4,7-10,13H2. The summed E-state index contributed by atoms with van der Waals surface area (Å²) in [6, 6.07) is 9.99. The monoisotopic (exact) mass is 284 g/mol. The van der Waals surface area contributed by atoms with Crippen LogP contribution in [0.15, 0.2) is 52.3 Å². The van der Waals surface area contributed by atoms with E-state index >= 15 is 0 Å². The van der Waals surface area contributed by atoms with Crippen molar-refractivity contribution in [1.82, 2.24) is 9.13 Å². The van der Waals surface area contributed by atoms with Crippen molar-refractivity contribution in [1.29, 1.82) is 0 Å². The number of rotatable bonds is 5. The Hall–Kier alpha value is -2.10. The molecule has 0 spiro atoms. The van der Waals surface area contributed by atoms with E-state index in [4.69, 9.17) is 0 Å². The van der Waals surface area contributed by atoms with Crippen molar-refractivity contribution in [3.63, 3.8) is 0 Å². The second-order valence-corrected chi connectivity index (χ2v) is 5.79. The van der Waals surface area contributed by atoms with Gasteiger partial charge >= 0.3 is 11.1 Å². The molecule has 1 aliphatic rings. The van der Waals surface area contributed by atoms with Gasteiger partial charge in [0.2, 0.25) is 0 Å². The van der Waals surface area contributed by atoms with Crippen LogP contribution in [0.25, 0.3) is 0 Å². The third-order valence-electron chi connectivity index (χ3n) is 4.30. The zero-order valence-electron chi connectivity index (χ0n) is 12.1. The van der Waals surface area contributed by atoms with E-state index in [0.717, 1.165) is 6.42 Å². The molecule has 4 nitrogen and oxygen atoms in total. The fraction of sp³-hybridized carbons (Fsp3) is 0.412. The van der Waals surface area contributed by atoms with Crippen molar-refractivity contribution in [2.24, 2.45) is 5.92 Å². The first-order valence-electron chi connectivity index (χ1n) is 7.58. The van der Waals surface area contributed by atoms with Gasteiger partial charge in [0.25, 0.3) is 0 Å². The Balaban J connectivity index is 1.73. The van der Waals surface area contributed by atoms with Gasteiger partial charge in [-0.25, -0.2) is 0 Å². The van der Waals surface area contributed by atoms with Gasteiger partial charge in [-0.15, -0.1) is 0 Å². The smallest absolute Gasteiger partial charge is 0.309 e. The lowest BCUT2D eigenvalue weighted by Gasteiger charge is -2.25. The molecule has 1 aromatic heterocycles. The Morgan fingerprint density at radius 3 is 2.29 bits per heavy atom. The summed E-state index contributed by atoms with van der Waals surface area (Å²) < 4.78 is 3.10. The highest BCUT2D eigenvalue weighted by Gasteiger charge is 2.18. The maximum Gasteiger partial charge on any atom is 0.316 e. The van der Waals surface area contributed by atoms with Gasteiger partial charge < -0.3 is 9.13 Å². The summed E-state index contributed by atoms with van der Waals surface area (Å²) in [6.45, 7) is 1.23. The molecule has 1 aliphatic carbocycles. The maximum absolute atomic E-state index is 12.1. The third-order valence-corrected chi connectivity index (χ3v) is 4.30.